The Morgan fingerprint density at radius 1 is 1.35 bits per heavy atom. The summed E-state index contributed by atoms with van der Waals surface area (Å²) in [6, 6.07) is 4.66. The van der Waals surface area contributed by atoms with Crippen LogP contribution in [0.4, 0.5) is 4.39 Å². The summed E-state index contributed by atoms with van der Waals surface area (Å²) < 4.78 is 21.9. The summed E-state index contributed by atoms with van der Waals surface area (Å²) in [4.78, 5) is 3.04. The fourth-order valence-corrected chi connectivity index (χ4v) is 2.87. The number of halogens is 3. The van der Waals surface area contributed by atoms with Crippen molar-refractivity contribution >= 4 is 35.0 Å². The number of H-pyrrole nitrogens is 1. The number of rotatable bonds is 5. The smallest absolute Gasteiger partial charge is 0.244 e. The number of aromatic amines is 1. The summed E-state index contributed by atoms with van der Waals surface area (Å²) in [5, 5.41) is 0. The van der Waals surface area contributed by atoms with Gasteiger partial charge < -0.3 is 28.7 Å². The lowest BCUT2D eigenvalue weighted by atomic mass is 10.3. The highest BCUT2D eigenvalue weighted by molar-refractivity contribution is 9.10. The standard InChI is InChI=1S/C13H18BrFN2OSi.HI/c1-19(2,3)7-6-18-9-17-8-16-11-5-4-10(14)12(15)13(11)17;/h4-5,8H,6-7,9H2,1-3H3;1H. The van der Waals surface area contributed by atoms with Crippen molar-refractivity contribution in [2.24, 2.45) is 0 Å². The second-order valence-electron chi connectivity index (χ2n) is 5.85. The zero-order valence-corrected chi connectivity index (χ0v) is 16.6. The molecule has 3 nitrogen and oxygen atoms in total. The quantitative estimate of drug-likeness (QED) is 0.357. The Hall–Kier alpha value is 0.00688. The predicted octanol–water partition coefficient (Wildman–Crippen LogP) is 0.673. The van der Waals surface area contributed by atoms with Crippen LogP contribution in [-0.4, -0.2) is 19.2 Å². The lowest BCUT2D eigenvalue weighted by Gasteiger charge is -2.14. The van der Waals surface area contributed by atoms with Crippen molar-refractivity contribution < 1.29 is 38.1 Å². The van der Waals surface area contributed by atoms with Gasteiger partial charge in [0.1, 0.15) is 0 Å². The number of imidazole rings is 1. The molecule has 1 heterocycles. The van der Waals surface area contributed by atoms with Gasteiger partial charge in [-0.15, -0.1) is 0 Å². The van der Waals surface area contributed by atoms with E-state index in [1.54, 1.807) is 17.0 Å². The lowest BCUT2D eigenvalue weighted by molar-refractivity contribution is -0.347. The van der Waals surface area contributed by atoms with Crippen LogP contribution in [0.1, 0.15) is 0 Å². The van der Waals surface area contributed by atoms with Gasteiger partial charge in [-0.3, -0.25) is 0 Å². The summed E-state index contributed by atoms with van der Waals surface area (Å²) in [7, 11) is -1.08. The number of hydrogen-bond donors (Lipinski definition) is 0. The topological polar surface area (TPSA) is 28.3 Å². The molecule has 112 valence electrons. The van der Waals surface area contributed by atoms with Crippen molar-refractivity contribution in [3.8, 4) is 0 Å². The van der Waals surface area contributed by atoms with Crippen molar-refractivity contribution in [3.05, 3.63) is 28.7 Å². The number of benzene rings is 1. The van der Waals surface area contributed by atoms with Gasteiger partial charge in [0.05, 0.1) is 4.47 Å². The van der Waals surface area contributed by atoms with E-state index in [-0.39, 0.29) is 29.8 Å². The highest BCUT2D eigenvalue weighted by atomic mass is 127. The van der Waals surface area contributed by atoms with Crippen molar-refractivity contribution in [2.45, 2.75) is 32.4 Å². The summed E-state index contributed by atoms with van der Waals surface area (Å²) in [5.41, 5.74) is 1.32. The normalized spacial score (nSPS) is 11.7. The van der Waals surface area contributed by atoms with Crippen LogP contribution in [0, 0.1) is 5.82 Å². The first-order valence-electron chi connectivity index (χ1n) is 6.31. The molecule has 20 heavy (non-hydrogen) atoms. The van der Waals surface area contributed by atoms with Crippen LogP contribution < -0.4 is 29.0 Å². The molecule has 0 bridgehead atoms. The average molecular weight is 473 g/mol. The first-order valence-corrected chi connectivity index (χ1v) is 10.8. The highest BCUT2D eigenvalue weighted by Gasteiger charge is 2.18. The van der Waals surface area contributed by atoms with Crippen LogP contribution in [-0.2, 0) is 11.5 Å². The third kappa shape index (κ3) is 4.50. The molecule has 7 heteroatoms. The van der Waals surface area contributed by atoms with E-state index in [0.717, 1.165) is 18.2 Å². The van der Waals surface area contributed by atoms with Gasteiger partial charge >= 0.3 is 0 Å². The first-order chi connectivity index (χ1) is 8.88. The highest BCUT2D eigenvalue weighted by Crippen LogP contribution is 2.22. The van der Waals surface area contributed by atoms with E-state index < -0.39 is 8.07 Å². The molecule has 2 aromatic rings. The minimum atomic E-state index is -1.08. The van der Waals surface area contributed by atoms with Crippen LogP contribution in [0.2, 0.25) is 25.7 Å². The molecule has 0 saturated carbocycles. The molecule has 0 unspecified atom stereocenters. The summed E-state index contributed by atoms with van der Waals surface area (Å²) in [6.45, 7) is 8.03. The van der Waals surface area contributed by atoms with Crippen LogP contribution in [0.3, 0.4) is 0 Å². The zero-order valence-electron chi connectivity index (χ0n) is 11.8. The van der Waals surface area contributed by atoms with E-state index in [4.69, 9.17) is 4.74 Å². The number of ether oxygens (including phenoxy) is 1. The SMILES string of the molecule is C[Si](C)(C)CCOCn1c[nH+]c2ccc(Br)c(F)c21.[I-]. The van der Waals surface area contributed by atoms with Crippen LogP contribution in [0.15, 0.2) is 22.9 Å². The number of nitrogens with zero attached hydrogens (tertiary/aromatic N) is 1. The molecule has 0 aliphatic rings. The molecule has 0 atom stereocenters. The van der Waals surface area contributed by atoms with E-state index in [9.17, 15) is 4.39 Å². The maximum atomic E-state index is 14.1. The third-order valence-electron chi connectivity index (χ3n) is 2.96. The van der Waals surface area contributed by atoms with Gasteiger partial charge in [-0.25, -0.2) is 13.9 Å². The monoisotopic (exact) mass is 472 g/mol. The molecule has 1 aromatic heterocycles. The van der Waals surface area contributed by atoms with Gasteiger partial charge in [-0.05, 0) is 34.1 Å². The van der Waals surface area contributed by atoms with Gasteiger partial charge in [-0.1, -0.05) is 19.6 Å². The van der Waals surface area contributed by atoms with E-state index in [2.05, 4.69) is 40.6 Å². The largest absolute Gasteiger partial charge is 1.00 e. The maximum Gasteiger partial charge on any atom is 0.244 e. The second kappa shape index (κ2) is 7.32. The summed E-state index contributed by atoms with van der Waals surface area (Å²) in [6.07, 6.45) is 1.74. The number of aromatic nitrogens is 2. The van der Waals surface area contributed by atoms with Crippen molar-refractivity contribution in [3.63, 3.8) is 0 Å². The molecule has 1 N–H and O–H groups in total. The van der Waals surface area contributed by atoms with E-state index in [0.29, 0.717) is 16.7 Å². The molecule has 2 rings (SSSR count). The fourth-order valence-electron chi connectivity index (χ4n) is 1.79. The maximum absolute atomic E-state index is 14.1. The number of fused-ring (bicyclic) bond motifs is 1. The minimum absolute atomic E-state index is 0. The summed E-state index contributed by atoms with van der Waals surface area (Å²) in [5.74, 6) is -0.257. The summed E-state index contributed by atoms with van der Waals surface area (Å²) >= 11 is 3.21. The lowest BCUT2D eigenvalue weighted by Crippen LogP contribution is -3.00. The Labute approximate surface area is 145 Å². The first kappa shape index (κ1) is 18.1. The Kier molecular flexibility index (Phi) is 6.61. The second-order valence-corrected chi connectivity index (χ2v) is 12.3. The molecule has 1 aromatic carbocycles. The molecular weight excluding hydrogens is 454 g/mol. The average Bonchev–Trinajstić information content (AvgIpc) is 2.72. The van der Waals surface area contributed by atoms with Gasteiger partial charge in [0, 0.05) is 14.7 Å². The molecule has 0 aliphatic heterocycles. The molecule has 0 saturated heterocycles. The van der Waals surface area contributed by atoms with E-state index in [1.165, 1.54) is 0 Å². The fraction of sp³-hybridized carbons (Fsp3) is 0.462. The van der Waals surface area contributed by atoms with Gasteiger partial charge in [0.2, 0.25) is 11.8 Å². The van der Waals surface area contributed by atoms with Crippen LogP contribution >= 0.6 is 15.9 Å². The zero-order chi connectivity index (χ0) is 14.0. The van der Waals surface area contributed by atoms with Gasteiger partial charge in [0.25, 0.3) is 0 Å². The molecule has 0 fully saturated rings. The van der Waals surface area contributed by atoms with Crippen molar-refractivity contribution in [1.82, 2.24) is 4.57 Å². The Balaban J connectivity index is 0.00000200. The van der Waals surface area contributed by atoms with Gasteiger partial charge in [0.15, 0.2) is 18.1 Å². The number of nitrogens with one attached hydrogen (secondary N) is 1. The van der Waals surface area contributed by atoms with Crippen LogP contribution in [0.25, 0.3) is 11.0 Å². The van der Waals surface area contributed by atoms with Gasteiger partial charge in [-0.2, -0.15) is 0 Å². The molecular formula is C13H19BrFIN2OSi. The Bertz CT molecular complexity index is 585. The molecule has 0 aliphatic carbocycles. The van der Waals surface area contributed by atoms with Crippen LogP contribution in [0.5, 0.6) is 0 Å². The Morgan fingerprint density at radius 3 is 2.70 bits per heavy atom. The Morgan fingerprint density at radius 2 is 2.05 bits per heavy atom. The molecule has 0 radical (unpaired) electrons. The van der Waals surface area contributed by atoms with E-state index in [1.807, 2.05) is 6.07 Å². The molecule has 0 spiro atoms. The minimum Gasteiger partial charge on any atom is -1.00 e. The third-order valence-corrected chi connectivity index (χ3v) is 5.28. The predicted molar refractivity (Wildman–Crippen MR) is 80.3 cm³/mol. The number of hydrogen-bond acceptors (Lipinski definition) is 1. The van der Waals surface area contributed by atoms with E-state index >= 15 is 0 Å². The van der Waals surface area contributed by atoms with Crippen molar-refractivity contribution in [2.75, 3.05) is 6.61 Å². The van der Waals surface area contributed by atoms with Crippen molar-refractivity contribution in [1.29, 1.82) is 0 Å². The molecule has 0 amide bonds.